The molecule has 1 aliphatic carbocycles. The highest BCUT2D eigenvalue weighted by atomic mass is 16.6. The van der Waals surface area contributed by atoms with Crippen LogP contribution >= 0.6 is 0 Å². The number of methoxy groups -OCH3 is 1. The highest BCUT2D eigenvalue weighted by molar-refractivity contribution is 5.83. The normalized spacial score (nSPS) is 13.2. The standard InChI is InChI=1S/C13H16N2O2.C7H7NO3/c1-17-12-5-6-13(10-3-2-4-10)11(7-12)8-14-15-9-16;1-5-4-6(8(10)11)2-3-7(5)9/h5-10H,2-4H2,1H3,(H,15,16);2-4,9H,1H3/b14-8+;. The van der Waals surface area contributed by atoms with Gasteiger partial charge in [-0.15, -0.1) is 0 Å². The van der Waals surface area contributed by atoms with E-state index in [1.807, 2.05) is 12.1 Å². The summed E-state index contributed by atoms with van der Waals surface area (Å²) >= 11 is 0. The van der Waals surface area contributed by atoms with Crippen LogP contribution < -0.4 is 10.2 Å². The number of amides is 1. The lowest BCUT2D eigenvalue weighted by Crippen LogP contribution is -2.12. The summed E-state index contributed by atoms with van der Waals surface area (Å²) < 4.78 is 5.20. The predicted octanol–water partition coefficient (Wildman–Crippen LogP) is 3.65. The first-order valence-corrected chi connectivity index (χ1v) is 8.80. The van der Waals surface area contributed by atoms with E-state index in [-0.39, 0.29) is 11.4 Å². The topological polar surface area (TPSA) is 114 Å². The van der Waals surface area contributed by atoms with E-state index in [0.717, 1.165) is 11.3 Å². The van der Waals surface area contributed by atoms with Crippen molar-refractivity contribution in [3.8, 4) is 11.5 Å². The lowest BCUT2D eigenvalue weighted by molar-refractivity contribution is -0.384. The van der Waals surface area contributed by atoms with Gasteiger partial charge in [-0.2, -0.15) is 5.10 Å². The fourth-order valence-electron chi connectivity index (χ4n) is 2.77. The van der Waals surface area contributed by atoms with Crippen molar-refractivity contribution < 1.29 is 19.6 Å². The van der Waals surface area contributed by atoms with E-state index >= 15 is 0 Å². The van der Waals surface area contributed by atoms with Crippen LogP contribution in [0.25, 0.3) is 0 Å². The number of nitrogens with one attached hydrogen (secondary N) is 1. The van der Waals surface area contributed by atoms with E-state index in [4.69, 9.17) is 9.84 Å². The summed E-state index contributed by atoms with van der Waals surface area (Å²) in [6.45, 7) is 1.61. The number of hydrazone groups is 1. The highest BCUT2D eigenvalue weighted by Gasteiger charge is 2.21. The van der Waals surface area contributed by atoms with Crippen molar-refractivity contribution in [2.75, 3.05) is 7.11 Å². The van der Waals surface area contributed by atoms with E-state index in [2.05, 4.69) is 16.6 Å². The van der Waals surface area contributed by atoms with Crippen LogP contribution in [0.1, 0.15) is 41.9 Å². The summed E-state index contributed by atoms with van der Waals surface area (Å²) in [5.41, 5.74) is 5.10. The molecule has 0 heterocycles. The number of phenols is 1. The Morgan fingerprint density at radius 2 is 2.04 bits per heavy atom. The molecule has 0 radical (unpaired) electrons. The number of hydrogen-bond acceptors (Lipinski definition) is 6. The summed E-state index contributed by atoms with van der Waals surface area (Å²) in [7, 11) is 1.64. The van der Waals surface area contributed by atoms with E-state index in [0.29, 0.717) is 17.9 Å². The van der Waals surface area contributed by atoms with Crippen LogP contribution in [0.4, 0.5) is 5.69 Å². The zero-order chi connectivity index (χ0) is 20.5. The molecular formula is C20H23N3O5. The van der Waals surface area contributed by atoms with Crippen LogP contribution in [0.2, 0.25) is 0 Å². The third-order valence-corrected chi connectivity index (χ3v) is 4.56. The number of rotatable bonds is 6. The Morgan fingerprint density at radius 3 is 2.57 bits per heavy atom. The molecule has 8 nitrogen and oxygen atoms in total. The molecular weight excluding hydrogens is 362 g/mol. The molecule has 0 aromatic heterocycles. The van der Waals surface area contributed by atoms with Gasteiger partial charge in [-0.05, 0) is 55.0 Å². The van der Waals surface area contributed by atoms with Gasteiger partial charge in [-0.25, -0.2) is 5.43 Å². The molecule has 8 heteroatoms. The highest BCUT2D eigenvalue weighted by Crippen LogP contribution is 2.38. The molecule has 0 saturated heterocycles. The number of aryl methyl sites for hydroxylation is 1. The number of hydrogen-bond donors (Lipinski definition) is 2. The summed E-state index contributed by atoms with van der Waals surface area (Å²) in [4.78, 5) is 19.8. The molecule has 148 valence electrons. The van der Waals surface area contributed by atoms with Gasteiger partial charge in [-0.1, -0.05) is 12.5 Å². The van der Waals surface area contributed by atoms with Gasteiger partial charge in [0.05, 0.1) is 18.2 Å². The van der Waals surface area contributed by atoms with Crippen molar-refractivity contribution in [3.63, 3.8) is 0 Å². The van der Waals surface area contributed by atoms with Crippen molar-refractivity contribution >= 4 is 18.3 Å². The minimum atomic E-state index is -0.494. The minimum absolute atomic E-state index is 0.000278. The second-order valence-corrected chi connectivity index (χ2v) is 6.36. The van der Waals surface area contributed by atoms with Gasteiger partial charge < -0.3 is 9.84 Å². The Kier molecular flexibility index (Phi) is 7.50. The maximum atomic E-state index is 10.2. The van der Waals surface area contributed by atoms with Gasteiger partial charge in [0.1, 0.15) is 11.5 Å². The number of nitro benzene ring substituents is 1. The molecule has 28 heavy (non-hydrogen) atoms. The number of nitro groups is 1. The number of ether oxygens (including phenoxy) is 1. The van der Waals surface area contributed by atoms with Crippen molar-refractivity contribution in [3.05, 3.63) is 63.2 Å². The number of phenolic OH excluding ortho intramolecular Hbond substituents is 1. The Hall–Kier alpha value is -3.42. The fourth-order valence-corrected chi connectivity index (χ4v) is 2.77. The number of carbonyl (C=O) groups excluding carboxylic acids is 1. The third kappa shape index (κ3) is 5.54. The molecule has 1 fully saturated rings. The molecule has 0 unspecified atom stereocenters. The second-order valence-electron chi connectivity index (χ2n) is 6.36. The average Bonchev–Trinajstić information content (AvgIpc) is 2.64. The minimum Gasteiger partial charge on any atom is -0.508 e. The van der Waals surface area contributed by atoms with Crippen molar-refractivity contribution in [2.24, 2.45) is 5.10 Å². The molecule has 0 aliphatic heterocycles. The van der Waals surface area contributed by atoms with Crippen LogP contribution in [0.5, 0.6) is 11.5 Å². The van der Waals surface area contributed by atoms with E-state index in [9.17, 15) is 14.9 Å². The van der Waals surface area contributed by atoms with Crippen LogP contribution in [-0.2, 0) is 4.79 Å². The first-order chi connectivity index (χ1) is 13.5. The Labute approximate surface area is 163 Å². The maximum absolute atomic E-state index is 10.2. The van der Waals surface area contributed by atoms with Crippen molar-refractivity contribution in [2.45, 2.75) is 32.1 Å². The van der Waals surface area contributed by atoms with Crippen molar-refractivity contribution in [1.82, 2.24) is 5.43 Å². The van der Waals surface area contributed by atoms with Crippen LogP contribution in [0.3, 0.4) is 0 Å². The second kappa shape index (κ2) is 10.1. The zero-order valence-electron chi connectivity index (χ0n) is 15.8. The molecule has 0 spiro atoms. The van der Waals surface area contributed by atoms with Crippen LogP contribution in [0.15, 0.2) is 41.5 Å². The number of aromatic hydroxyl groups is 1. The van der Waals surface area contributed by atoms with Gasteiger partial charge in [0.15, 0.2) is 0 Å². The molecule has 2 N–H and O–H groups in total. The number of nitrogens with zero attached hydrogens (tertiary/aromatic N) is 2. The number of non-ortho nitro benzene ring substituents is 1. The van der Waals surface area contributed by atoms with Gasteiger partial charge >= 0.3 is 0 Å². The first-order valence-electron chi connectivity index (χ1n) is 8.80. The van der Waals surface area contributed by atoms with Gasteiger partial charge in [0.25, 0.3) is 5.69 Å². The largest absolute Gasteiger partial charge is 0.508 e. The quantitative estimate of drug-likeness (QED) is 0.341. The summed E-state index contributed by atoms with van der Waals surface area (Å²) in [5.74, 6) is 1.51. The summed E-state index contributed by atoms with van der Waals surface area (Å²) in [6, 6.07) is 9.91. The monoisotopic (exact) mass is 385 g/mol. The number of benzene rings is 2. The lowest BCUT2D eigenvalue weighted by atomic mass is 9.78. The molecule has 0 bridgehead atoms. The van der Waals surface area contributed by atoms with Crippen molar-refractivity contribution in [1.29, 1.82) is 0 Å². The number of carbonyl (C=O) groups is 1. The van der Waals surface area contributed by atoms with Gasteiger partial charge in [0.2, 0.25) is 6.41 Å². The lowest BCUT2D eigenvalue weighted by Gasteiger charge is -2.27. The molecule has 2 aromatic rings. The summed E-state index contributed by atoms with van der Waals surface area (Å²) in [6.07, 6.45) is 5.98. The third-order valence-electron chi connectivity index (χ3n) is 4.56. The fraction of sp³-hybridized carbons (Fsp3) is 0.300. The van der Waals surface area contributed by atoms with E-state index in [1.54, 1.807) is 20.2 Å². The van der Waals surface area contributed by atoms with Crippen LogP contribution in [0, 0.1) is 17.0 Å². The van der Waals surface area contributed by atoms with Gasteiger partial charge in [0, 0.05) is 17.7 Å². The maximum Gasteiger partial charge on any atom is 0.269 e. The molecule has 1 aliphatic rings. The molecule has 2 aromatic carbocycles. The smallest absolute Gasteiger partial charge is 0.269 e. The van der Waals surface area contributed by atoms with Crippen LogP contribution in [-0.4, -0.2) is 29.8 Å². The average molecular weight is 385 g/mol. The summed E-state index contributed by atoms with van der Waals surface area (Å²) in [5, 5.41) is 23.0. The Balaban J connectivity index is 0.000000221. The SMILES string of the molecule is COc1ccc(C2CCC2)c(/C=N/NC=O)c1.Cc1cc([N+](=O)[O-])ccc1O. The van der Waals surface area contributed by atoms with E-state index in [1.165, 1.54) is 43.0 Å². The Bertz CT molecular complexity index is 863. The first kappa shape index (κ1) is 20.9. The molecule has 1 saturated carbocycles. The Morgan fingerprint density at radius 1 is 1.29 bits per heavy atom. The predicted molar refractivity (Wildman–Crippen MR) is 106 cm³/mol. The molecule has 0 atom stereocenters. The molecule has 1 amide bonds. The molecule has 3 rings (SSSR count). The van der Waals surface area contributed by atoms with E-state index < -0.39 is 4.92 Å². The zero-order valence-corrected chi connectivity index (χ0v) is 15.8. The van der Waals surface area contributed by atoms with Gasteiger partial charge in [-0.3, -0.25) is 14.9 Å².